The van der Waals surface area contributed by atoms with Gasteiger partial charge in [-0.2, -0.15) is 0 Å². The minimum atomic E-state index is -0.619. The maximum Gasteiger partial charge on any atom is 0.240 e. The van der Waals surface area contributed by atoms with Gasteiger partial charge >= 0.3 is 0 Å². The number of hydrogen-bond donors (Lipinski definition) is 2. The molecule has 1 amide bonds. The van der Waals surface area contributed by atoms with Gasteiger partial charge in [0.15, 0.2) is 0 Å². The molecule has 0 aliphatic heterocycles. The third-order valence-corrected chi connectivity index (χ3v) is 4.16. The van der Waals surface area contributed by atoms with Gasteiger partial charge in [0.1, 0.15) is 5.82 Å². The lowest BCUT2D eigenvalue weighted by Crippen LogP contribution is -2.58. The second-order valence-electron chi connectivity index (χ2n) is 5.56. The summed E-state index contributed by atoms with van der Waals surface area (Å²) in [6.45, 7) is 3.28. The monoisotopic (exact) mass is 272 g/mol. The first-order chi connectivity index (χ1) is 9.60. The molecule has 1 saturated carbocycles. The van der Waals surface area contributed by atoms with E-state index in [1.165, 1.54) is 0 Å². The van der Waals surface area contributed by atoms with Crippen molar-refractivity contribution in [3.63, 3.8) is 0 Å². The standard InChI is InChI=1S/C15H20N4O/c1-11-18-12-5-2-3-6-13(12)19(11)10-9-17-14(20)15(16)7-4-8-15/h2-3,5-6H,4,7-10,16H2,1H3,(H,17,20). The van der Waals surface area contributed by atoms with Gasteiger partial charge in [0, 0.05) is 13.1 Å². The zero-order valence-electron chi connectivity index (χ0n) is 11.7. The molecule has 0 bridgehead atoms. The largest absolute Gasteiger partial charge is 0.353 e. The molecule has 1 aliphatic rings. The fourth-order valence-electron chi connectivity index (χ4n) is 2.72. The fraction of sp³-hybridized carbons (Fsp3) is 0.467. The predicted octanol–water partition coefficient (Wildman–Crippen LogP) is 1.34. The van der Waals surface area contributed by atoms with E-state index >= 15 is 0 Å². The molecule has 3 rings (SSSR count). The van der Waals surface area contributed by atoms with E-state index in [1.54, 1.807) is 0 Å². The second kappa shape index (κ2) is 4.90. The van der Waals surface area contributed by atoms with Crippen LogP contribution in [0.5, 0.6) is 0 Å². The highest BCUT2D eigenvalue weighted by Crippen LogP contribution is 2.28. The smallest absolute Gasteiger partial charge is 0.240 e. The average Bonchev–Trinajstić information content (AvgIpc) is 2.72. The van der Waals surface area contributed by atoms with E-state index in [4.69, 9.17) is 5.73 Å². The Morgan fingerprint density at radius 3 is 2.90 bits per heavy atom. The molecule has 20 heavy (non-hydrogen) atoms. The van der Waals surface area contributed by atoms with E-state index in [-0.39, 0.29) is 5.91 Å². The molecule has 0 atom stereocenters. The van der Waals surface area contributed by atoms with Crippen molar-refractivity contribution in [1.82, 2.24) is 14.9 Å². The van der Waals surface area contributed by atoms with Crippen LogP contribution in [0.15, 0.2) is 24.3 Å². The van der Waals surface area contributed by atoms with Crippen molar-refractivity contribution >= 4 is 16.9 Å². The Bertz CT molecular complexity index is 642. The first kappa shape index (κ1) is 13.1. The molecule has 5 nitrogen and oxygen atoms in total. The molecule has 0 saturated heterocycles. The van der Waals surface area contributed by atoms with Crippen molar-refractivity contribution in [2.24, 2.45) is 5.73 Å². The number of aromatic nitrogens is 2. The van der Waals surface area contributed by atoms with Crippen LogP contribution < -0.4 is 11.1 Å². The first-order valence-corrected chi connectivity index (χ1v) is 7.09. The van der Waals surface area contributed by atoms with Crippen LogP contribution in [0.3, 0.4) is 0 Å². The topological polar surface area (TPSA) is 72.9 Å². The molecule has 2 aromatic rings. The fourth-order valence-corrected chi connectivity index (χ4v) is 2.72. The number of imidazole rings is 1. The predicted molar refractivity (Wildman–Crippen MR) is 78.2 cm³/mol. The van der Waals surface area contributed by atoms with Crippen LogP contribution in [0.25, 0.3) is 11.0 Å². The van der Waals surface area contributed by atoms with E-state index in [9.17, 15) is 4.79 Å². The molecule has 5 heteroatoms. The highest BCUT2D eigenvalue weighted by Gasteiger charge is 2.39. The summed E-state index contributed by atoms with van der Waals surface area (Å²) in [7, 11) is 0. The van der Waals surface area contributed by atoms with Gasteiger partial charge in [0.2, 0.25) is 5.91 Å². The quantitative estimate of drug-likeness (QED) is 0.882. The summed E-state index contributed by atoms with van der Waals surface area (Å²) in [5, 5.41) is 2.94. The summed E-state index contributed by atoms with van der Waals surface area (Å²) in [6.07, 6.45) is 2.65. The van der Waals surface area contributed by atoms with Crippen LogP contribution in [0.2, 0.25) is 0 Å². The maximum absolute atomic E-state index is 12.0. The van der Waals surface area contributed by atoms with Gasteiger partial charge in [-0.3, -0.25) is 4.79 Å². The molecule has 1 aliphatic carbocycles. The van der Waals surface area contributed by atoms with Crippen LogP contribution in [0.1, 0.15) is 25.1 Å². The number of nitrogens with one attached hydrogen (secondary N) is 1. The normalized spacial score (nSPS) is 16.9. The molecule has 106 valence electrons. The molecule has 1 aromatic heterocycles. The zero-order chi connectivity index (χ0) is 14.2. The molecule has 1 heterocycles. The highest BCUT2D eigenvalue weighted by atomic mass is 16.2. The maximum atomic E-state index is 12.0. The number of amides is 1. The molecular weight excluding hydrogens is 252 g/mol. The van der Waals surface area contributed by atoms with Crippen LogP contribution in [-0.4, -0.2) is 27.5 Å². The number of rotatable bonds is 4. The molecule has 0 spiro atoms. The van der Waals surface area contributed by atoms with Crippen molar-refractivity contribution in [3.05, 3.63) is 30.1 Å². The lowest BCUT2D eigenvalue weighted by molar-refractivity contribution is -0.129. The molecule has 1 aromatic carbocycles. The molecular formula is C15H20N4O. The Kier molecular flexibility index (Phi) is 3.22. The Hall–Kier alpha value is -1.88. The van der Waals surface area contributed by atoms with Gasteiger partial charge in [-0.05, 0) is 38.3 Å². The molecule has 3 N–H and O–H groups in total. The molecule has 1 fully saturated rings. The van der Waals surface area contributed by atoms with Crippen molar-refractivity contribution in [3.8, 4) is 0 Å². The minimum absolute atomic E-state index is 0.0224. The number of nitrogens with zero attached hydrogens (tertiary/aromatic N) is 2. The SMILES string of the molecule is Cc1nc2ccccc2n1CCNC(=O)C1(N)CCC1. The van der Waals surface area contributed by atoms with E-state index in [1.807, 2.05) is 31.2 Å². The Labute approximate surface area is 118 Å². The van der Waals surface area contributed by atoms with E-state index in [0.717, 1.165) is 36.1 Å². The Morgan fingerprint density at radius 1 is 1.45 bits per heavy atom. The van der Waals surface area contributed by atoms with Crippen molar-refractivity contribution in [2.45, 2.75) is 38.3 Å². The zero-order valence-corrected chi connectivity index (χ0v) is 11.7. The van der Waals surface area contributed by atoms with Crippen LogP contribution in [0, 0.1) is 6.92 Å². The number of carbonyl (C=O) groups is 1. The van der Waals surface area contributed by atoms with Gasteiger partial charge in [0.05, 0.1) is 16.6 Å². The molecule has 0 unspecified atom stereocenters. The number of carbonyl (C=O) groups excluding carboxylic acids is 1. The van der Waals surface area contributed by atoms with Gasteiger partial charge in [0.25, 0.3) is 0 Å². The summed E-state index contributed by atoms with van der Waals surface area (Å²) in [5.41, 5.74) is 7.47. The van der Waals surface area contributed by atoms with Crippen LogP contribution in [-0.2, 0) is 11.3 Å². The lowest BCUT2D eigenvalue weighted by atomic mass is 9.77. The average molecular weight is 272 g/mol. The summed E-state index contributed by atoms with van der Waals surface area (Å²) in [4.78, 5) is 16.5. The first-order valence-electron chi connectivity index (χ1n) is 7.09. The van der Waals surface area contributed by atoms with Crippen LogP contribution in [0.4, 0.5) is 0 Å². The minimum Gasteiger partial charge on any atom is -0.353 e. The summed E-state index contributed by atoms with van der Waals surface area (Å²) in [6, 6.07) is 8.03. The number of nitrogens with two attached hydrogens (primary N) is 1. The van der Waals surface area contributed by atoms with Gasteiger partial charge < -0.3 is 15.6 Å². The van der Waals surface area contributed by atoms with Crippen molar-refractivity contribution in [1.29, 1.82) is 0 Å². The van der Waals surface area contributed by atoms with E-state index in [2.05, 4.69) is 14.9 Å². The third-order valence-electron chi connectivity index (χ3n) is 4.16. The van der Waals surface area contributed by atoms with Crippen LogP contribution >= 0.6 is 0 Å². The number of hydrogen-bond acceptors (Lipinski definition) is 3. The highest BCUT2D eigenvalue weighted by molar-refractivity contribution is 5.87. The van der Waals surface area contributed by atoms with Gasteiger partial charge in [-0.25, -0.2) is 4.98 Å². The summed E-state index contributed by atoms with van der Waals surface area (Å²) in [5.74, 6) is 0.942. The lowest BCUT2D eigenvalue weighted by Gasteiger charge is -2.36. The second-order valence-corrected chi connectivity index (χ2v) is 5.56. The van der Waals surface area contributed by atoms with E-state index in [0.29, 0.717) is 13.1 Å². The van der Waals surface area contributed by atoms with E-state index < -0.39 is 5.54 Å². The Balaban J connectivity index is 1.65. The van der Waals surface area contributed by atoms with Crippen molar-refractivity contribution in [2.75, 3.05) is 6.54 Å². The number of benzene rings is 1. The molecule has 0 radical (unpaired) electrons. The summed E-state index contributed by atoms with van der Waals surface area (Å²) < 4.78 is 2.12. The summed E-state index contributed by atoms with van der Waals surface area (Å²) >= 11 is 0. The third kappa shape index (κ3) is 2.18. The van der Waals surface area contributed by atoms with Gasteiger partial charge in [-0.1, -0.05) is 12.1 Å². The number of aryl methyl sites for hydroxylation is 1. The van der Waals surface area contributed by atoms with Crippen molar-refractivity contribution < 1.29 is 4.79 Å². The Morgan fingerprint density at radius 2 is 2.20 bits per heavy atom. The van der Waals surface area contributed by atoms with Gasteiger partial charge in [-0.15, -0.1) is 0 Å². The number of fused-ring (bicyclic) bond motifs is 1. The number of para-hydroxylation sites is 2.